The summed E-state index contributed by atoms with van der Waals surface area (Å²) in [6.07, 6.45) is 2.42. The molecule has 0 saturated heterocycles. The third kappa shape index (κ3) is 5.07. The van der Waals surface area contributed by atoms with E-state index < -0.39 is 20.4 Å². The summed E-state index contributed by atoms with van der Waals surface area (Å²) >= 11 is -4.96. The first-order chi connectivity index (χ1) is 22.0. The molecule has 5 aromatic rings. The van der Waals surface area contributed by atoms with Crippen LogP contribution in [0.4, 0.5) is 0 Å². The van der Waals surface area contributed by atoms with Crippen LogP contribution in [0.25, 0.3) is 39.1 Å². The predicted molar refractivity (Wildman–Crippen MR) is 206 cm³/mol. The molecule has 0 aliphatic heterocycles. The Labute approximate surface area is 290 Å². The molecule has 5 aromatic carbocycles. The molecule has 0 nitrogen and oxygen atoms in total. The molecule has 240 valence electrons. The summed E-state index contributed by atoms with van der Waals surface area (Å²) in [5, 5.41) is 2.53. The van der Waals surface area contributed by atoms with Crippen molar-refractivity contribution in [3.8, 4) is 22.3 Å². The zero-order valence-corrected chi connectivity index (χ0v) is 34.2. The molecule has 2 aliphatic rings. The molecule has 0 bridgehead atoms. The Balaban J connectivity index is 1.53. The summed E-state index contributed by atoms with van der Waals surface area (Å²) in [7, 11) is 17.5. The molecule has 1 unspecified atom stereocenters. The molecule has 4 heteroatoms. The summed E-state index contributed by atoms with van der Waals surface area (Å²) in [6.45, 7) is 21.0. The molecule has 47 heavy (non-hydrogen) atoms. The van der Waals surface area contributed by atoms with Crippen molar-refractivity contribution in [2.45, 2.75) is 79.6 Å². The molecule has 1 atom stereocenters. The Morgan fingerprint density at radius 2 is 1.11 bits per heavy atom. The molecule has 0 spiro atoms. The van der Waals surface area contributed by atoms with E-state index in [-0.39, 0.29) is 18.1 Å². The molecular formula is C43H46Cl2SiZr. The van der Waals surface area contributed by atoms with Gasteiger partial charge in [-0.1, -0.05) is 0 Å². The Morgan fingerprint density at radius 3 is 1.68 bits per heavy atom. The van der Waals surface area contributed by atoms with Gasteiger partial charge < -0.3 is 0 Å². The molecule has 0 fully saturated rings. The van der Waals surface area contributed by atoms with Crippen molar-refractivity contribution in [1.29, 1.82) is 0 Å². The van der Waals surface area contributed by atoms with Gasteiger partial charge in [0.25, 0.3) is 0 Å². The van der Waals surface area contributed by atoms with E-state index in [1.807, 2.05) is 0 Å². The van der Waals surface area contributed by atoms with Gasteiger partial charge in [-0.15, -0.1) is 0 Å². The fourth-order valence-electron chi connectivity index (χ4n) is 8.46. The molecule has 2 aliphatic carbocycles. The van der Waals surface area contributed by atoms with Crippen LogP contribution >= 0.6 is 17.0 Å². The number of benzene rings is 5. The molecular weight excluding hydrogens is 707 g/mol. The van der Waals surface area contributed by atoms with Crippen molar-refractivity contribution in [2.75, 3.05) is 0 Å². The van der Waals surface area contributed by atoms with Crippen molar-refractivity contribution < 1.29 is 15.0 Å². The maximum atomic E-state index is 8.73. The summed E-state index contributed by atoms with van der Waals surface area (Å²) < 4.78 is 0.0488. The van der Waals surface area contributed by atoms with Gasteiger partial charge in [0.05, 0.1) is 0 Å². The van der Waals surface area contributed by atoms with Gasteiger partial charge in [-0.2, -0.15) is 0 Å². The summed E-state index contributed by atoms with van der Waals surface area (Å²) in [5.41, 5.74) is 13.3. The number of hydrogen-bond donors (Lipinski definition) is 0. The maximum absolute atomic E-state index is 8.73. The van der Waals surface area contributed by atoms with E-state index in [1.54, 1.807) is 0 Å². The van der Waals surface area contributed by atoms with Gasteiger partial charge in [-0.3, -0.25) is 0 Å². The fraction of sp³-hybridized carbons (Fsp3) is 0.302. The molecule has 0 N–H and O–H groups in total. The van der Waals surface area contributed by atoms with Crippen LogP contribution in [-0.2, 0) is 25.8 Å². The van der Waals surface area contributed by atoms with Crippen LogP contribution in [-0.4, -0.2) is 5.43 Å². The average molecular weight is 753 g/mol. The number of allylic oxidation sites excluding steroid dienone is 1. The van der Waals surface area contributed by atoms with Crippen LogP contribution < -0.4 is 0 Å². The van der Waals surface area contributed by atoms with Crippen molar-refractivity contribution in [1.82, 2.24) is 0 Å². The van der Waals surface area contributed by atoms with Crippen LogP contribution in [0.1, 0.15) is 89.1 Å². The monoisotopic (exact) mass is 750 g/mol. The third-order valence-corrected chi connectivity index (χ3v) is 57.7. The molecule has 0 saturated carbocycles. The van der Waals surface area contributed by atoms with Crippen molar-refractivity contribution in [3.05, 3.63) is 136 Å². The molecule has 0 heterocycles. The Morgan fingerprint density at radius 1 is 0.574 bits per heavy atom. The zero-order chi connectivity index (χ0) is 33.7. The van der Waals surface area contributed by atoms with Crippen LogP contribution in [0, 0.1) is 0 Å². The summed E-state index contributed by atoms with van der Waals surface area (Å²) in [4.78, 5) is 0. The van der Waals surface area contributed by atoms with Gasteiger partial charge in [0.15, 0.2) is 0 Å². The Kier molecular flexibility index (Phi) is 7.89. The Hall–Kier alpha value is -2.22. The van der Waals surface area contributed by atoms with E-state index in [0.717, 1.165) is 0 Å². The second-order valence-corrected chi connectivity index (χ2v) is 55.1. The summed E-state index contributed by atoms with van der Waals surface area (Å²) in [5.74, 6) is 0. The van der Waals surface area contributed by atoms with Crippen molar-refractivity contribution in [3.63, 3.8) is 0 Å². The number of halogens is 2. The van der Waals surface area contributed by atoms with Gasteiger partial charge in [0, 0.05) is 0 Å². The van der Waals surface area contributed by atoms with Crippen LogP contribution in [0.3, 0.4) is 0 Å². The topological polar surface area (TPSA) is 0 Å². The SMILES string of the molecule is CC1=Cc2c(-c3cccc4ccccc34)cccc2[CH]1[Zr]([Cl])([Cl])([CH]1c2cc(C(C)(C)C)ccc2-c2ccc(C(C)(C)C)cc21)=[Si](C)C. The minimum atomic E-state index is -4.96. The number of fused-ring (bicyclic) bond motifs is 5. The van der Waals surface area contributed by atoms with Gasteiger partial charge in [-0.05, 0) is 0 Å². The van der Waals surface area contributed by atoms with Crippen LogP contribution in [0.15, 0.2) is 103 Å². The molecule has 7 rings (SSSR count). The minimum absolute atomic E-state index is 0.0128. The fourth-order valence-corrected chi connectivity index (χ4v) is 37.5. The van der Waals surface area contributed by atoms with Crippen LogP contribution in [0.5, 0.6) is 0 Å². The van der Waals surface area contributed by atoms with E-state index in [2.05, 4.69) is 165 Å². The standard InChI is InChI=1S/C21H25.C20H15.C2H6Si.2ClH.Zr/c1-20(2,3)16-7-9-18-14(12-16)11-15-13-17(21(4,5)6)8-10-19(15)18;1-14-12-16-8-5-11-19(20(16)13-14)18-10-4-7-15-6-2-3-9-17(15)18;1-3-2;;;/h7-13H,1-6H3;2-13H,1H3;1-2H3;2*1H;/q;;;;;+2/p-2. The van der Waals surface area contributed by atoms with E-state index in [4.69, 9.17) is 17.0 Å². The van der Waals surface area contributed by atoms with Crippen molar-refractivity contribution >= 4 is 39.3 Å². The second kappa shape index (κ2) is 11.1. The average Bonchev–Trinajstić information content (AvgIpc) is 3.54. The molecule has 0 radical (unpaired) electrons. The quantitative estimate of drug-likeness (QED) is 0.161. The number of rotatable bonds is 3. The molecule has 0 aromatic heterocycles. The van der Waals surface area contributed by atoms with Gasteiger partial charge in [0.1, 0.15) is 0 Å². The van der Waals surface area contributed by atoms with E-state index >= 15 is 0 Å². The van der Waals surface area contributed by atoms with Crippen molar-refractivity contribution in [2.24, 2.45) is 0 Å². The normalized spacial score (nSPS) is 16.6. The third-order valence-electron chi connectivity index (χ3n) is 11.1. The van der Waals surface area contributed by atoms with Gasteiger partial charge in [-0.25, -0.2) is 0 Å². The number of hydrogen-bond acceptors (Lipinski definition) is 0. The first-order valence-corrected chi connectivity index (χ1v) is 32.3. The Bertz CT molecular complexity index is 2140. The van der Waals surface area contributed by atoms with Crippen LogP contribution in [0.2, 0.25) is 13.1 Å². The van der Waals surface area contributed by atoms with Gasteiger partial charge in [0.2, 0.25) is 0 Å². The first kappa shape index (κ1) is 33.3. The molecule has 0 amide bonds. The summed E-state index contributed by atoms with van der Waals surface area (Å²) in [6, 6.07) is 36.5. The van der Waals surface area contributed by atoms with E-state index in [1.165, 1.54) is 72.0 Å². The second-order valence-electron chi connectivity index (χ2n) is 16.3. The zero-order valence-electron chi connectivity index (χ0n) is 29.2. The van der Waals surface area contributed by atoms with Gasteiger partial charge >= 0.3 is 292 Å². The first-order valence-electron chi connectivity index (χ1n) is 17.0. The van der Waals surface area contributed by atoms with E-state index in [9.17, 15) is 0 Å². The predicted octanol–water partition coefficient (Wildman–Crippen LogP) is 13.6. The van der Waals surface area contributed by atoms with E-state index in [0.29, 0.717) is 0 Å².